The van der Waals surface area contributed by atoms with Crippen LogP contribution in [0.4, 0.5) is 5.00 Å². The molecule has 0 spiro atoms. The van der Waals surface area contributed by atoms with E-state index in [1.807, 2.05) is 38.7 Å². The van der Waals surface area contributed by atoms with Crippen LogP contribution in [-0.4, -0.2) is 42.9 Å². The fourth-order valence-corrected chi connectivity index (χ4v) is 4.66. The average molecular weight is 364 g/mol. The van der Waals surface area contributed by atoms with Gasteiger partial charge in [0, 0.05) is 18.5 Å². The third-order valence-electron chi connectivity index (χ3n) is 5.34. The number of carbonyl (C=O) groups excluding carboxylic acids is 2. The summed E-state index contributed by atoms with van der Waals surface area (Å²) in [5, 5.41) is 7.18. The third kappa shape index (κ3) is 4.06. The topological polar surface area (TPSA) is 61.4 Å². The second-order valence-corrected chi connectivity index (χ2v) is 9.43. The van der Waals surface area contributed by atoms with E-state index < -0.39 is 5.41 Å². The van der Waals surface area contributed by atoms with E-state index in [-0.39, 0.29) is 11.8 Å². The highest BCUT2D eigenvalue weighted by molar-refractivity contribution is 7.18. The van der Waals surface area contributed by atoms with Crippen LogP contribution in [0, 0.1) is 24.2 Å². The average Bonchev–Trinajstić information content (AvgIpc) is 3.07. The SMILES string of the molecule is Cc1cc(NC(=O)C(C)(C)C)sc1C(=O)N1CC[C@@H]2CNC[C@@H]2CC1. The fourth-order valence-electron chi connectivity index (χ4n) is 3.62. The molecule has 2 saturated heterocycles. The smallest absolute Gasteiger partial charge is 0.264 e. The van der Waals surface area contributed by atoms with Crippen molar-refractivity contribution in [2.75, 3.05) is 31.5 Å². The predicted molar refractivity (Wildman–Crippen MR) is 102 cm³/mol. The number of nitrogens with one attached hydrogen (secondary N) is 2. The van der Waals surface area contributed by atoms with Crippen LogP contribution in [0.25, 0.3) is 0 Å². The third-order valence-corrected chi connectivity index (χ3v) is 6.48. The number of amides is 2. The zero-order valence-corrected chi connectivity index (χ0v) is 16.5. The van der Waals surface area contributed by atoms with Crippen LogP contribution in [-0.2, 0) is 4.79 Å². The lowest BCUT2D eigenvalue weighted by Gasteiger charge is -2.20. The molecular weight excluding hydrogens is 334 g/mol. The second-order valence-electron chi connectivity index (χ2n) is 8.37. The molecule has 0 bridgehead atoms. The Morgan fingerprint density at radius 1 is 1.20 bits per heavy atom. The summed E-state index contributed by atoms with van der Waals surface area (Å²) in [6.45, 7) is 11.5. The Morgan fingerprint density at radius 3 is 2.36 bits per heavy atom. The Labute approximate surface area is 154 Å². The van der Waals surface area contributed by atoms with Crippen molar-refractivity contribution in [3.63, 3.8) is 0 Å². The highest BCUT2D eigenvalue weighted by Crippen LogP contribution is 2.32. The molecule has 138 valence electrons. The van der Waals surface area contributed by atoms with Crippen LogP contribution < -0.4 is 10.6 Å². The summed E-state index contributed by atoms with van der Waals surface area (Å²) in [6, 6.07) is 1.91. The van der Waals surface area contributed by atoms with Gasteiger partial charge in [0.2, 0.25) is 5.91 Å². The molecule has 2 aliphatic heterocycles. The Balaban J connectivity index is 1.69. The van der Waals surface area contributed by atoms with Crippen molar-refractivity contribution in [3.05, 3.63) is 16.5 Å². The number of aryl methyl sites for hydroxylation is 1. The molecule has 2 aliphatic rings. The molecule has 2 fully saturated rings. The van der Waals surface area contributed by atoms with Gasteiger partial charge in [-0.25, -0.2) is 0 Å². The summed E-state index contributed by atoms with van der Waals surface area (Å²) >= 11 is 1.40. The first kappa shape index (κ1) is 18.4. The molecule has 0 aliphatic carbocycles. The van der Waals surface area contributed by atoms with E-state index in [9.17, 15) is 9.59 Å². The fraction of sp³-hybridized carbons (Fsp3) is 0.684. The highest BCUT2D eigenvalue weighted by atomic mass is 32.1. The molecule has 0 radical (unpaired) electrons. The molecule has 2 amide bonds. The zero-order valence-electron chi connectivity index (χ0n) is 15.6. The summed E-state index contributed by atoms with van der Waals surface area (Å²) in [5.74, 6) is 1.52. The van der Waals surface area contributed by atoms with Crippen molar-refractivity contribution >= 4 is 28.2 Å². The predicted octanol–water partition coefficient (Wildman–Crippen LogP) is 3.11. The van der Waals surface area contributed by atoms with Gasteiger partial charge in [0.15, 0.2) is 0 Å². The number of nitrogens with zero attached hydrogens (tertiary/aromatic N) is 1. The quantitative estimate of drug-likeness (QED) is 0.849. The maximum Gasteiger partial charge on any atom is 0.264 e. The van der Waals surface area contributed by atoms with Crippen molar-refractivity contribution in [2.45, 2.75) is 40.5 Å². The Hall–Kier alpha value is -1.40. The molecule has 5 nitrogen and oxygen atoms in total. The molecule has 1 aromatic rings. The van der Waals surface area contributed by atoms with Gasteiger partial charge in [-0.3, -0.25) is 9.59 Å². The van der Waals surface area contributed by atoms with E-state index in [0.717, 1.165) is 54.5 Å². The number of thiophene rings is 1. The lowest BCUT2D eigenvalue weighted by atomic mass is 9.92. The van der Waals surface area contributed by atoms with Crippen LogP contribution in [0.15, 0.2) is 6.07 Å². The van der Waals surface area contributed by atoms with Gasteiger partial charge in [0.1, 0.15) is 0 Å². The van der Waals surface area contributed by atoms with E-state index >= 15 is 0 Å². The molecular formula is C19H29N3O2S. The zero-order chi connectivity index (χ0) is 18.2. The molecule has 0 aromatic carbocycles. The van der Waals surface area contributed by atoms with Crippen LogP contribution in [0.2, 0.25) is 0 Å². The standard InChI is InChI=1S/C19H29N3O2S/c1-12-9-15(21-18(24)19(2,3)4)25-16(12)17(23)22-7-5-13-10-20-11-14(13)6-8-22/h9,13-14,20H,5-8,10-11H2,1-4H3,(H,21,24)/t13-,14+. The number of anilines is 1. The first-order valence-electron chi connectivity index (χ1n) is 9.17. The van der Waals surface area contributed by atoms with Crippen molar-refractivity contribution < 1.29 is 9.59 Å². The van der Waals surface area contributed by atoms with E-state index in [1.54, 1.807) is 0 Å². The maximum absolute atomic E-state index is 13.0. The lowest BCUT2D eigenvalue weighted by molar-refractivity contribution is -0.123. The molecule has 1 aromatic heterocycles. The number of fused-ring (bicyclic) bond motifs is 1. The van der Waals surface area contributed by atoms with Gasteiger partial charge >= 0.3 is 0 Å². The van der Waals surface area contributed by atoms with E-state index in [1.165, 1.54) is 11.3 Å². The largest absolute Gasteiger partial charge is 0.338 e. The second kappa shape index (κ2) is 7.08. The molecule has 2 atom stereocenters. The van der Waals surface area contributed by atoms with Gasteiger partial charge in [-0.15, -0.1) is 11.3 Å². The van der Waals surface area contributed by atoms with Crippen molar-refractivity contribution in [3.8, 4) is 0 Å². The van der Waals surface area contributed by atoms with Crippen LogP contribution in [0.3, 0.4) is 0 Å². The molecule has 25 heavy (non-hydrogen) atoms. The van der Waals surface area contributed by atoms with Crippen molar-refractivity contribution in [1.29, 1.82) is 0 Å². The Bertz CT molecular complexity index is 648. The molecule has 2 N–H and O–H groups in total. The molecule has 3 heterocycles. The molecule has 6 heteroatoms. The maximum atomic E-state index is 13.0. The minimum absolute atomic E-state index is 0.0251. The van der Waals surface area contributed by atoms with Gasteiger partial charge < -0.3 is 15.5 Å². The van der Waals surface area contributed by atoms with Gasteiger partial charge in [0.05, 0.1) is 9.88 Å². The van der Waals surface area contributed by atoms with Crippen molar-refractivity contribution in [1.82, 2.24) is 10.2 Å². The number of likely N-dealkylation sites (tertiary alicyclic amines) is 1. The summed E-state index contributed by atoms with van der Waals surface area (Å²) in [4.78, 5) is 27.9. The lowest BCUT2D eigenvalue weighted by Crippen LogP contribution is -2.32. The van der Waals surface area contributed by atoms with Gasteiger partial charge in [-0.1, -0.05) is 20.8 Å². The molecule has 0 unspecified atom stereocenters. The normalized spacial score (nSPS) is 23.9. The summed E-state index contributed by atoms with van der Waals surface area (Å²) in [5.41, 5.74) is 0.504. The van der Waals surface area contributed by atoms with E-state index in [0.29, 0.717) is 11.8 Å². The first-order valence-corrected chi connectivity index (χ1v) is 9.99. The Morgan fingerprint density at radius 2 is 1.80 bits per heavy atom. The van der Waals surface area contributed by atoms with E-state index in [2.05, 4.69) is 10.6 Å². The first-order chi connectivity index (χ1) is 11.8. The summed E-state index contributed by atoms with van der Waals surface area (Å²) in [7, 11) is 0. The molecule has 3 rings (SSSR count). The number of hydrogen-bond donors (Lipinski definition) is 2. The minimum atomic E-state index is -0.446. The number of rotatable bonds is 2. The van der Waals surface area contributed by atoms with Gasteiger partial charge in [0.25, 0.3) is 5.91 Å². The van der Waals surface area contributed by atoms with Crippen molar-refractivity contribution in [2.24, 2.45) is 17.3 Å². The van der Waals surface area contributed by atoms with Crippen LogP contribution in [0.5, 0.6) is 0 Å². The van der Waals surface area contributed by atoms with Crippen LogP contribution >= 0.6 is 11.3 Å². The Kier molecular flexibility index (Phi) is 5.21. The highest BCUT2D eigenvalue weighted by Gasteiger charge is 2.32. The summed E-state index contributed by atoms with van der Waals surface area (Å²) < 4.78 is 0. The monoisotopic (exact) mass is 363 g/mol. The molecule has 0 saturated carbocycles. The summed E-state index contributed by atoms with van der Waals surface area (Å²) in [6.07, 6.45) is 2.17. The minimum Gasteiger partial charge on any atom is -0.338 e. The number of carbonyl (C=O) groups is 2. The van der Waals surface area contributed by atoms with E-state index in [4.69, 9.17) is 0 Å². The number of hydrogen-bond acceptors (Lipinski definition) is 4. The van der Waals surface area contributed by atoms with Gasteiger partial charge in [-0.05, 0) is 56.3 Å². The van der Waals surface area contributed by atoms with Crippen LogP contribution in [0.1, 0.15) is 48.8 Å². The van der Waals surface area contributed by atoms with Gasteiger partial charge in [-0.2, -0.15) is 0 Å².